The van der Waals surface area contributed by atoms with Crippen LogP contribution in [0.1, 0.15) is 48.0 Å². The summed E-state index contributed by atoms with van der Waals surface area (Å²) < 4.78 is 10.2. The van der Waals surface area contributed by atoms with Gasteiger partial charge in [-0.2, -0.15) is 0 Å². The molecule has 0 aliphatic rings. The van der Waals surface area contributed by atoms with Crippen molar-refractivity contribution in [3.05, 3.63) is 0 Å². The molecule has 2 N–H and O–H groups in total. The van der Waals surface area contributed by atoms with Crippen molar-refractivity contribution in [2.24, 2.45) is 0 Å². The number of ether oxygens (including phenoxy) is 2. The molecule has 0 aromatic rings. The predicted molar refractivity (Wildman–Crippen MR) is 77.6 cm³/mol. The van der Waals surface area contributed by atoms with Gasteiger partial charge < -0.3 is 20.1 Å². The maximum absolute atomic E-state index is 11.4. The molecule has 0 heterocycles. The first kappa shape index (κ1) is 18.7. The number of alkyl carbamates (subject to hydrolysis) is 1. The van der Waals surface area contributed by atoms with Crippen molar-refractivity contribution in [2.75, 3.05) is 19.6 Å². The van der Waals surface area contributed by atoms with Crippen molar-refractivity contribution in [2.45, 2.75) is 59.2 Å². The maximum Gasteiger partial charge on any atom is 0.407 e. The van der Waals surface area contributed by atoms with Crippen molar-refractivity contribution in [1.29, 1.82) is 0 Å². The highest BCUT2D eigenvalue weighted by Crippen LogP contribution is 2.06. The van der Waals surface area contributed by atoms with Crippen LogP contribution < -0.4 is 10.6 Å². The topological polar surface area (TPSA) is 76.7 Å². The Balaban J connectivity index is 3.54. The number of hydrogen-bond donors (Lipinski definition) is 2. The summed E-state index contributed by atoms with van der Waals surface area (Å²) in [5.74, 6) is -0.280. The third-order valence-electron chi connectivity index (χ3n) is 1.89. The Morgan fingerprint density at radius 1 is 0.900 bits per heavy atom. The fraction of sp³-hybridized carbons (Fsp3) is 0.857. The monoisotopic (exact) mass is 288 g/mol. The number of carbonyl (C=O) groups is 2. The highest BCUT2D eigenvalue weighted by atomic mass is 16.6. The summed E-state index contributed by atoms with van der Waals surface area (Å²) in [5, 5.41) is 5.61. The lowest BCUT2D eigenvalue weighted by Crippen LogP contribution is -2.35. The van der Waals surface area contributed by atoms with Gasteiger partial charge in [0.2, 0.25) is 0 Å². The van der Waals surface area contributed by atoms with Crippen molar-refractivity contribution in [1.82, 2.24) is 10.6 Å². The average Bonchev–Trinajstić information content (AvgIpc) is 2.17. The van der Waals surface area contributed by atoms with E-state index < -0.39 is 17.3 Å². The second-order valence-corrected chi connectivity index (χ2v) is 6.55. The van der Waals surface area contributed by atoms with Crippen LogP contribution in [0.3, 0.4) is 0 Å². The molecule has 0 fully saturated rings. The van der Waals surface area contributed by atoms with Crippen molar-refractivity contribution < 1.29 is 19.1 Å². The number of hydrogen-bond acceptors (Lipinski definition) is 5. The third kappa shape index (κ3) is 13.1. The van der Waals surface area contributed by atoms with Gasteiger partial charge in [0.25, 0.3) is 0 Å². The minimum Gasteiger partial charge on any atom is -0.459 e. The summed E-state index contributed by atoms with van der Waals surface area (Å²) in [7, 11) is 0. The quantitative estimate of drug-likeness (QED) is 0.576. The molecular formula is C14H28N2O4. The molecular weight excluding hydrogens is 260 g/mol. The van der Waals surface area contributed by atoms with Crippen LogP contribution in [0, 0.1) is 0 Å². The van der Waals surface area contributed by atoms with Crippen molar-refractivity contribution in [3.8, 4) is 0 Å². The molecule has 0 aromatic carbocycles. The van der Waals surface area contributed by atoms with E-state index in [0.717, 1.165) is 0 Å². The maximum atomic E-state index is 11.4. The number of nitrogens with one attached hydrogen (secondary N) is 2. The zero-order chi connectivity index (χ0) is 15.8. The van der Waals surface area contributed by atoms with Gasteiger partial charge in [-0.25, -0.2) is 4.79 Å². The first-order valence-corrected chi connectivity index (χ1v) is 6.89. The largest absolute Gasteiger partial charge is 0.459 e. The second kappa shape index (κ2) is 8.09. The Morgan fingerprint density at radius 2 is 1.45 bits per heavy atom. The zero-order valence-electron chi connectivity index (χ0n) is 13.5. The van der Waals surface area contributed by atoms with Crippen molar-refractivity contribution in [3.63, 3.8) is 0 Å². The fourth-order valence-corrected chi connectivity index (χ4v) is 1.29. The van der Waals surface area contributed by atoms with Gasteiger partial charge in [0.15, 0.2) is 0 Å². The summed E-state index contributed by atoms with van der Waals surface area (Å²) in [6.45, 7) is 12.2. The van der Waals surface area contributed by atoms with Gasteiger partial charge in [0.05, 0.1) is 6.54 Å². The molecule has 0 saturated heterocycles. The van der Waals surface area contributed by atoms with Gasteiger partial charge in [-0.1, -0.05) is 0 Å². The zero-order valence-corrected chi connectivity index (χ0v) is 13.5. The molecule has 0 saturated carbocycles. The molecule has 6 nitrogen and oxygen atoms in total. The Morgan fingerprint density at radius 3 is 1.95 bits per heavy atom. The molecule has 0 aliphatic carbocycles. The van der Waals surface area contributed by atoms with E-state index in [0.29, 0.717) is 19.5 Å². The van der Waals surface area contributed by atoms with Gasteiger partial charge in [-0.15, -0.1) is 0 Å². The highest BCUT2D eigenvalue weighted by Gasteiger charge is 2.16. The summed E-state index contributed by atoms with van der Waals surface area (Å²) >= 11 is 0. The minimum absolute atomic E-state index is 0.170. The van der Waals surface area contributed by atoms with Gasteiger partial charge in [0.1, 0.15) is 11.2 Å². The third-order valence-corrected chi connectivity index (χ3v) is 1.89. The van der Waals surface area contributed by atoms with Crippen LogP contribution in [-0.4, -0.2) is 42.9 Å². The molecule has 118 valence electrons. The lowest BCUT2D eigenvalue weighted by Gasteiger charge is -2.20. The Labute approximate surface area is 121 Å². The SMILES string of the molecule is CC(C)(C)OC(=O)CNCCCNC(=O)OC(C)(C)C. The number of carbonyl (C=O) groups excluding carboxylic acids is 2. The summed E-state index contributed by atoms with van der Waals surface area (Å²) in [5.41, 5.74) is -0.948. The summed E-state index contributed by atoms with van der Waals surface area (Å²) in [6, 6.07) is 0. The van der Waals surface area contributed by atoms with E-state index in [1.807, 2.05) is 41.5 Å². The standard InChI is InChI=1S/C14H28N2O4/c1-13(2,3)19-11(17)10-15-8-7-9-16-12(18)20-14(4,5)6/h15H,7-10H2,1-6H3,(H,16,18). The van der Waals surface area contributed by atoms with E-state index in [1.54, 1.807) is 0 Å². The van der Waals surface area contributed by atoms with Crippen LogP contribution in [-0.2, 0) is 14.3 Å². The molecule has 0 radical (unpaired) electrons. The van der Waals surface area contributed by atoms with E-state index in [1.165, 1.54) is 0 Å². The molecule has 0 spiro atoms. The van der Waals surface area contributed by atoms with Crippen LogP contribution in [0.15, 0.2) is 0 Å². The minimum atomic E-state index is -0.487. The predicted octanol–water partition coefficient (Wildman–Crippen LogP) is 1.83. The van der Waals surface area contributed by atoms with Gasteiger partial charge in [0, 0.05) is 6.54 Å². The Hall–Kier alpha value is -1.30. The van der Waals surface area contributed by atoms with E-state index in [-0.39, 0.29) is 12.5 Å². The first-order chi connectivity index (χ1) is 8.99. The van der Waals surface area contributed by atoms with Gasteiger partial charge in [-0.3, -0.25) is 4.79 Å². The Bertz CT molecular complexity index is 284. The lowest BCUT2D eigenvalue weighted by atomic mass is 10.2. The molecule has 0 aromatic heterocycles. The lowest BCUT2D eigenvalue weighted by molar-refractivity contribution is -0.153. The smallest absolute Gasteiger partial charge is 0.407 e. The second-order valence-electron chi connectivity index (χ2n) is 6.55. The van der Waals surface area contributed by atoms with Crippen LogP contribution in [0.4, 0.5) is 4.79 Å². The normalized spacial score (nSPS) is 11.9. The fourth-order valence-electron chi connectivity index (χ4n) is 1.29. The highest BCUT2D eigenvalue weighted by molar-refractivity contribution is 5.72. The molecule has 1 amide bonds. The molecule has 0 rings (SSSR count). The summed E-state index contributed by atoms with van der Waals surface area (Å²) in [4.78, 5) is 22.7. The van der Waals surface area contributed by atoms with Gasteiger partial charge >= 0.3 is 12.1 Å². The molecule has 0 aliphatic heterocycles. The molecule has 0 atom stereocenters. The number of rotatable bonds is 6. The van der Waals surface area contributed by atoms with Gasteiger partial charge in [-0.05, 0) is 54.5 Å². The van der Waals surface area contributed by atoms with E-state index >= 15 is 0 Å². The van der Waals surface area contributed by atoms with Crippen molar-refractivity contribution >= 4 is 12.1 Å². The average molecular weight is 288 g/mol. The first-order valence-electron chi connectivity index (χ1n) is 6.89. The number of esters is 1. The summed E-state index contributed by atoms with van der Waals surface area (Å²) in [6.07, 6.45) is 0.284. The molecule has 6 heteroatoms. The van der Waals surface area contributed by atoms with E-state index in [9.17, 15) is 9.59 Å². The molecule has 0 bridgehead atoms. The number of amides is 1. The van der Waals surface area contributed by atoms with Crippen LogP contribution in [0.5, 0.6) is 0 Å². The Kier molecular flexibility index (Phi) is 7.57. The molecule has 0 unspecified atom stereocenters. The van der Waals surface area contributed by atoms with Crippen LogP contribution >= 0.6 is 0 Å². The van der Waals surface area contributed by atoms with E-state index in [4.69, 9.17) is 9.47 Å². The van der Waals surface area contributed by atoms with E-state index in [2.05, 4.69) is 10.6 Å². The van der Waals surface area contributed by atoms with Crippen LogP contribution in [0.2, 0.25) is 0 Å². The van der Waals surface area contributed by atoms with Crippen LogP contribution in [0.25, 0.3) is 0 Å². The molecule has 20 heavy (non-hydrogen) atoms.